The smallest absolute Gasteiger partial charge is 0.131 e. The van der Waals surface area contributed by atoms with Gasteiger partial charge in [-0.15, -0.1) is 0 Å². The minimum atomic E-state index is 0.329. The lowest BCUT2D eigenvalue weighted by Crippen LogP contribution is -2.30. The number of nitrogens with two attached hydrogens (primary N) is 1. The number of hydrogen-bond donors (Lipinski definition) is 1. The molecule has 0 aliphatic heterocycles. The number of pyridine rings is 1. The van der Waals surface area contributed by atoms with Crippen LogP contribution in [0.4, 0.5) is 5.69 Å². The molecule has 3 rings (SSSR count). The van der Waals surface area contributed by atoms with Crippen molar-refractivity contribution in [1.82, 2.24) is 4.98 Å². The third-order valence-electron chi connectivity index (χ3n) is 4.56. The molecule has 0 amide bonds. The zero-order valence-electron chi connectivity index (χ0n) is 12.9. The van der Waals surface area contributed by atoms with E-state index in [1.54, 1.807) is 0 Å². The number of anilines is 1. The first-order chi connectivity index (χ1) is 10.2. The maximum atomic E-state index is 6.41. The van der Waals surface area contributed by atoms with E-state index in [9.17, 15) is 0 Å². The molecular formula is C18H24N2O. The molecule has 1 aliphatic rings. The summed E-state index contributed by atoms with van der Waals surface area (Å²) in [5.74, 6) is 1.61. The van der Waals surface area contributed by atoms with Crippen LogP contribution in [-0.2, 0) is 0 Å². The summed E-state index contributed by atoms with van der Waals surface area (Å²) in [5.41, 5.74) is 8.65. The topological polar surface area (TPSA) is 48.1 Å². The summed E-state index contributed by atoms with van der Waals surface area (Å²) in [6.07, 6.45) is 6.56. The number of benzene rings is 1. The second-order valence-electron chi connectivity index (χ2n) is 6.15. The Bertz CT molecular complexity index is 638. The van der Waals surface area contributed by atoms with E-state index in [2.05, 4.69) is 11.9 Å². The maximum absolute atomic E-state index is 6.41. The number of nitrogens with zero attached hydrogens (tertiary/aromatic N) is 1. The molecule has 1 heterocycles. The largest absolute Gasteiger partial charge is 0.489 e. The summed E-state index contributed by atoms with van der Waals surface area (Å²) < 4.78 is 6.41. The number of aryl methyl sites for hydroxylation is 1. The molecule has 1 fully saturated rings. The molecule has 1 aliphatic carbocycles. The van der Waals surface area contributed by atoms with Crippen LogP contribution in [0.3, 0.4) is 0 Å². The Morgan fingerprint density at radius 2 is 2.05 bits per heavy atom. The van der Waals surface area contributed by atoms with Crippen molar-refractivity contribution in [1.29, 1.82) is 0 Å². The average Bonchev–Trinajstić information content (AvgIpc) is 2.48. The lowest BCUT2D eigenvalue weighted by molar-refractivity contribution is 0.0918. The lowest BCUT2D eigenvalue weighted by atomic mass is 9.84. The number of fused-ring (bicyclic) bond motifs is 1. The van der Waals surface area contributed by atoms with Crippen molar-refractivity contribution >= 4 is 16.6 Å². The van der Waals surface area contributed by atoms with Crippen molar-refractivity contribution in [2.24, 2.45) is 5.92 Å². The van der Waals surface area contributed by atoms with Crippen molar-refractivity contribution < 1.29 is 4.74 Å². The molecule has 0 radical (unpaired) electrons. The minimum Gasteiger partial charge on any atom is -0.489 e. The van der Waals surface area contributed by atoms with Gasteiger partial charge in [-0.1, -0.05) is 13.3 Å². The summed E-state index contributed by atoms with van der Waals surface area (Å²) in [5, 5.41) is 1.03. The molecule has 0 spiro atoms. The first kappa shape index (κ1) is 14.2. The third kappa shape index (κ3) is 2.97. The molecule has 0 bridgehead atoms. The highest BCUT2D eigenvalue weighted by molar-refractivity contribution is 5.87. The zero-order chi connectivity index (χ0) is 14.8. The van der Waals surface area contributed by atoms with Gasteiger partial charge in [0.15, 0.2) is 0 Å². The Morgan fingerprint density at radius 1 is 1.24 bits per heavy atom. The van der Waals surface area contributed by atoms with Crippen LogP contribution in [0.15, 0.2) is 24.3 Å². The van der Waals surface area contributed by atoms with E-state index in [0.717, 1.165) is 34.5 Å². The van der Waals surface area contributed by atoms with Crippen molar-refractivity contribution in [2.75, 3.05) is 5.73 Å². The molecule has 112 valence electrons. The van der Waals surface area contributed by atoms with Gasteiger partial charge in [-0.3, -0.25) is 4.98 Å². The first-order valence-corrected chi connectivity index (χ1v) is 8.01. The number of hydrogen-bond acceptors (Lipinski definition) is 3. The Hall–Kier alpha value is -1.77. The normalized spacial score (nSPS) is 22.4. The summed E-state index contributed by atoms with van der Waals surface area (Å²) in [6, 6.07) is 7.89. The van der Waals surface area contributed by atoms with E-state index in [-0.39, 0.29) is 0 Å². The van der Waals surface area contributed by atoms with Gasteiger partial charge in [0.25, 0.3) is 0 Å². The molecule has 2 atom stereocenters. The van der Waals surface area contributed by atoms with Gasteiger partial charge in [0, 0.05) is 22.8 Å². The van der Waals surface area contributed by atoms with Gasteiger partial charge in [0.05, 0.1) is 5.52 Å². The molecule has 2 N–H and O–H groups in total. The number of ether oxygens (including phenoxy) is 1. The monoisotopic (exact) mass is 284 g/mol. The van der Waals surface area contributed by atoms with Gasteiger partial charge in [0.1, 0.15) is 11.9 Å². The Balaban J connectivity index is 1.97. The highest BCUT2D eigenvalue weighted by Crippen LogP contribution is 2.34. The van der Waals surface area contributed by atoms with Crippen LogP contribution < -0.4 is 10.5 Å². The second kappa shape index (κ2) is 5.92. The Labute approximate surface area is 126 Å². The van der Waals surface area contributed by atoms with Crippen molar-refractivity contribution in [3.8, 4) is 5.75 Å². The van der Waals surface area contributed by atoms with Crippen LogP contribution in [0.5, 0.6) is 5.75 Å². The van der Waals surface area contributed by atoms with E-state index < -0.39 is 0 Å². The lowest BCUT2D eigenvalue weighted by Gasteiger charge is -2.31. The predicted octanol–water partition coefficient (Wildman–Crippen LogP) is 4.47. The molecule has 0 saturated heterocycles. The standard InChI is InChI=1S/C18H24N2O/c1-3-13-6-4-5-7-17(13)21-18-10-12(2)20-16-9-8-14(19)11-15(16)18/h8-11,13,17H,3-7,19H2,1-2H3. The van der Waals surface area contributed by atoms with Crippen molar-refractivity contribution in [3.63, 3.8) is 0 Å². The van der Waals surface area contributed by atoms with Crippen LogP contribution in [0.25, 0.3) is 10.9 Å². The quantitative estimate of drug-likeness (QED) is 0.846. The molecule has 1 aromatic carbocycles. The molecule has 3 nitrogen and oxygen atoms in total. The van der Waals surface area contributed by atoms with Gasteiger partial charge < -0.3 is 10.5 Å². The van der Waals surface area contributed by atoms with Crippen LogP contribution in [0, 0.1) is 12.8 Å². The van der Waals surface area contributed by atoms with E-state index >= 15 is 0 Å². The third-order valence-corrected chi connectivity index (χ3v) is 4.56. The maximum Gasteiger partial charge on any atom is 0.131 e. The minimum absolute atomic E-state index is 0.329. The van der Waals surface area contributed by atoms with Gasteiger partial charge in [0.2, 0.25) is 0 Å². The van der Waals surface area contributed by atoms with Gasteiger partial charge in [-0.25, -0.2) is 0 Å². The predicted molar refractivity (Wildman–Crippen MR) is 87.6 cm³/mol. The van der Waals surface area contributed by atoms with E-state index in [4.69, 9.17) is 10.5 Å². The van der Waals surface area contributed by atoms with Gasteiger partial charge in [-0.2, -0.15) is 0 Å². The molecule has 3 heteroatoms. The van der Waals surface area contributed by atoms with E-state index in [1.807, 2.05) is 31.2 Å². The fraction of sp³-hybridized carbons (Fsp3) is 0.500. The summed E-state index contributed by atoms with van der Waals surface area (Å²) in [7, 11) is 0. The number of nitrogen functional groups attached to an aromatic ring is 1. The first-order valence-electron chi connectivity index (χ1n) is 8.01. The summed E-state index contributed by atoms with van der Waals surface area (Å²) >= 11 is 0. The van der Waals surface area contributed by atoms with Crippen LogP contribution in [-0.4, -0.2) is 11.1 Å². The highest BCUT2D eigenvalue weighted by atomic mass is 16.5. The highest BCUT2D eigenvalue weighted by Gasteiger charge is 2.25. The fourth-order valence-electron chi connectivity index (χ4n) is 3.39. The molecule has 1 saturated carbocycles. The second-order valence-corrected chi connectivity index (χ2v) is 6.15. The van der Waals surface area contributed by atoms with Crippen molar-refractivity contribution in [2.45, 2.75) is 52.1 Å². The van der Waals surface area contributed by atoms with Crippen LogP contribution in [0.2, 0.25) is 0 Å². The van der Waals surface area contributed by atoms with Gasteiger partial charge in [-0.05, 0) is 56.7 Å². The number of rotatable bonds is 3. The molecular weight excluding hydrogens is 260 g/mol. The molecule has 2 aromatic rings. The average molecular weight is 284 g/mol. The Kier molecular flexibility index (Phi) is 4.00. The van der Waals surface area contributed by atoms with Crippen molar-refractivity contribution in [3.05, 3.63) is 30.0 Å². The van der Waals surface area contributed by atoms with E-state index in [0.29, 0.717) is 12.0 Å². The summed E-state index contributed by atoms with van der Waals surface area (Å²) in [4.78, 5) is 4.57. The molecule has 1 aromatic heterocycles. The fourth-order valence-corrected chi connectivity index (χ4v) is 3.39. The van der Waals surface area contributed by atoms with Crippen LogP contribution in [0.1, 0.15) is 44.7 Å². The SMILES string of the molecule is CCC1CCCCC1Oc1cc(C)nc2ccc(N)cc12. The molecule has 21 heavy (non-hydrogen) atoms. The molecule has 2 unspecified atom stereocenters. The zero-order valence-corrected chi connectivity index (χ0v) is 12.9. The van der Waals surface area contributed by atoms with E-state index in [1.165, 1.54) is 25.7 Å². The van der Waals surface area contributed by atoms with Gasteiger partial charge >= 0.3 is 0 Å². The Morgan fingerprint density at radius 3 is 2.86 bits per heavy atom. The van der Waals surface area contributed by atoms with Crippen LogP contribution >= 0.6 is 0 Å². The number of aromatic nitrogens is 1. The summed E-state index contributed by atoms with van der Waals surface area (Å²) in [6.45, 7) is 4.28.